The fourth-order valence-corrected chi connectivity index (χ4v) is 9.44. The van der Waals surface area contributed by atoms with Crippen LogP contribution in [-0.2, 0) is 0 Å². The first-order valence-corrected chi connectivity index (χ1v) is 18.8. The van der Waals surface area contributed by atoms with Gasteiger partial charge in [0, 0.05) is 22.7 Å². The van der Waals surface area contributed by atoms with Crippen LogP contribution in [0.1, 0.15) is 0 Å². The van der Waals surface area contributed by atoms with Gasteiger partial charge in [-0.1, -0.05) is 28.5 Å². The SMILES string of the molecule is Nc1ccc(Oc2cccc(Op3npn(Oc4ccc(N)cc4)p(Oc4ccc(N)cc4)n3Oc3ccccc3)c2Oc2ccc(N)cc2)cc1. The quantitative estimate of drug-likeness (QED) is 0.0872. The summed E-state index contributed by atoms with van der Waals surface area (Å²) in [7, 11) is -3.52. The third-order valence-corrected chi connectivity index (χ3v) is 11.7. The molecule has 2 atom stereocenters. The van der Waals surface area contributed by atoms with Crippen LogP contribution in [0.4, 0.5) is 22.7 Å². The standard InChI is InChI=1S/C36H32N7O6P3/c37-25-9-17-29(18-10-25)44-34-7-4-8-35(36(34)45-30-19-11-26(38)12-20-30)49-51-41-50-42(46-32-21-13-27(39)14-22-32)52(48-33-23-15-28(40)16-24-33)43(51)47-31-5-2-1-3-6-31/h1-24H,37-40H2. The minimum absolute atomic E-state index is 0.294. The van der Waals surface area contributed by atoms with Crippen LogP contribution in [0, 0.1) is 0 Å². The third-order valence-electron chi connectivity index (χ3n) is 7.03. The van der Waals surface area contributed by atoms with E-state index in [0.717, 1.165) is 0 Å². The number of aromatic nitrogens is 3. The normalized spacial score (nSPS) is 11.5. The van der Waals surface area contributed by atoms with Crippen LogP contribution < -0.4 is 51.1 Å². The molecule has 0 fully saturated rings. The summed E-state index contributed by atoms with van der Waals surface area (Å²) in [6, 6.07) is 42.6. The fourth-order valence-electron chi connectivity index (χ4n) is 4.49. The molecule has 2 unspecified atom stereocenters. The minimum Gasteiger partial charge on any atom is -0.453 e. The Labute approximate surface area is 302 Å². The van der Waals surface area contributed by atoms with Crippen molar-refractivity contribution in [3.63, 3.8) is 0 Å². The zero-order valence-electron chi connectivity index (χ0n) is 27.3. The zero-order chi connectivity index (χ0) is 35.9. The number of nitrogens with zero attached hydrogens (tertiary/aromatic N) is 3. The van der Waals surface area contributed by atoms with Crippen molar-refractivity contribution in [2.45, 2.75) is 0 Å². The number of nitrogens with two attached hydrogens (primary N) is 4. The monoisotopic (exact) mass is 751 g/mol. The molecule has 1 heterocycles. The summed E-state index contributed by atoms with van der Waals surface area (Å²) in [4.78, 5) is 12.8. The number of benzene rings is 6. The zero-order valence-corrected chi connectivity index (χ0v) is 30.0. The highest BCUT2D eigenvalue weighted by Gasteiger charge is 2.23. The van der Waals surface area contributed by atoms with Gasteiger partial charge in [-0.15, -0.1) is 4.51 Å². The van der Waals surface area contributed by atoms with E-state index in [9.17, 15) is 0 Å². The van der Waals surface area contributed by atoms with Crippen molar-refractivity contribution >= 4 is 47.4 Å². The van der Waals surface area contributed by atoms with E-state index in [1.807, 2.05) is 30.3 Å². The average molecular weight is 752 g/mol. The summed E-state index contributed by atoms with van der Waals surface area (Å²) < 4.78 is 34.0. The van der Waals surface area contributed by atoms with E-state index >= 15 is 0 Å². The molecule has 0 aliphatic heterocycles. The molecule has 6 aromatic carbocycles. The van der Waals surface area contributed by atoms with Crippen LogP contribution in [0.3, 0.4) is 0 Å². The molecule has 0 radical (unpaired) electrons. The van der Waals surface area contributed by atoms with Gasteiger partial charge in [-0.05, 0) is 126 Å². The molecule has 0 saturated carbocycles. The average Bonchev–Trinajstić information content (AvgIpc) is 3.15. The minimum atomic E-state index is -1.97. The molecular weight excluding hydrogens is 719 g/mol. The van der Waals surface area contributed by atoms with Gasteiger partial charge in [-0.2, -0.15) is 0 Å². The summed E-state index contributed by atoms with van der Waals surface area (Å²) in [6.07, 6.45) is 0. The summed E-state index contributed by atoms with van der Waals surface area (Å²) >= 11 is 0. The first kappa shape index (κ1) is 34.1. The highest BCUT2D eigenvalue weighted by atomic mass is 31.2. The molecule has 8 N–H and O–H groups in total. The molecule has 1 aromatic heterocycles. The summed E-state index contributed by atoms with van der Waals surface area (Å²) in [6.45, 7) is 0. The molecule has 0 bridgehead atoms. The van der Waals surface area contributed by atoms with E-state index in [0.29, 0.717) is 77.3 Å². The van der Waals surface area contributed by atoms with Crippen molar-refractivity contribution in [3.05, 3.63) is 146 Å². The fraction of sp³-hybridized carbons (Fsp3) is 0. The van der Waals surface area contributed by atoms with E-state index in [-0.39, 0.29) is 0 Å². The van der Waals surface area contributed by atoms with Crippen LogP contribution in [-0.4, -0.2) is 13.0 Å². The molecule has 0 aliphatic rings. The molecule has 13 nitrogen and oxygen atoms in total. The molecule has 52 heavy (non-hydrogen) atoms. The first-order valence-electron chi connectivity index (χ1n) is 15.7. The molecule has 7 aromatic rings. The Balaban J connectivity index is 1.36. The van der Waals surface area contributed by atoms with Crippen LogP contribution in [0.15, 0.2) is 146 Å². The van der Waals surface area contributed by atoms with Gasteiger partial charge >= 0.3 is 16.2 Å². The third kappa shape index (κ3) is 8.49. The Kier molecular flexibility index (Phi) is 10.3. The van der Waals surface area contributed by atoms with Gasteiger partial charge in [0.25, 0.3) is 0 Å². The molecule has 262 valence electrons. The maximum absolute atomic E-state index is 6.73. The van der Waals surface area contributed by atoms with Crippen molar-refractivity contribution < 1.29 is 28.2 Å². The van der Waals surface area contributed by atoms with E-state index in [4.69, 9.17) is 55.6 Å². The van der Waals surface area contributed by atoms with E-state index in [1.54, 1.807) is 124 Å². The van der Waals surface area contributed by atoms with E-state index in [1.165, 1.54) is 0 Å². The van der Waals surface area contributed by atoms with Crippen LogP contribution in [0.5, 0.6) is 46.0 Å². The number of hydrogen-bond donors (Lipinski definition) is 4. The Morgan fingerprint density at radius 2 is 0.962 bits per heavy atom. The van der Waals surface area contributed by atoms with Crippen molar-refractivity contribution in [1.29, 1.82) is 0 Å². The van der Waals surface area contributed by atoms with Crippen molar-refractivity contribution in [2.75, 3.05) is 22.9 Å². The number of para-hydroxylation sites is 2. The van der Waals surface area contributed by atoms with Gasteiger partial charge in [0.05, 0.1) is 0 Å². The Bertz CT molecular complexity index is 2290. The van der Waals surface area contributed by atoms with Crippen LogP contribution in [0.25, 0.3) is 0 Å². The lowest BCUT2D eigenvalue weighted by molar-refractivity contribution is 0.232. The van der Waals surface area contributed by atoms with E-state index in [2.05, 4.69) is 0 Å². The highest BCUT2D eigenvalue weighted by molar-refractivity contribution is 7.56. The van der Waals surface area contributed by atoms with Crippen molar-refractivity contribution in [3.8, 4) is 46.0 Å². The van der Waals surface area contributed by atoms with Gasteiger partial charge in [-0.25, -0.2) is 0 Å². The van der Waals surface area contributed by atoms with Gasteiger partial charge in [0.1, 0.15) is 17.2 Å². The molecule has 0 amide bonds. The highest BCUT2D eigenvalue weighted by Crippen LogP contribution is 2.48. The molecule has 16 heteroatoms. The predicted octanol–water partition coefficient (Wildman–Crippen LogP) is 9.64. The Hall–Kier alpha value is -6.38. The maximum Gasteiger partial charge on any atom is 0.319 e. The largest absolute Gasteiger partial charge is 0.453 e. The Morgan fingerprint density at radius 3 is 1.56 bits per heavy atom. The second-order valence-electron chi connectivity index (χ2n) is 10.9. The summed E-state index contributed by atoms with van der Waals surface area (Å²) in [5.74, 6) is 3.61. The van der Waals surface area contributed by atoms with Crippen molar-refractivity contribution in [1.82, 2.24) is 13.0 Å². The van der Waals surface area contributed by atoms with Crippen LogP contribution >= 0.6 is 24.7 Å². The van der Waals surface area contributed by atoms with Gasteiger partial charge in [0.15, 0.2) is 31.5 Å². The van der Waals surface area contributed by atoms with Gasteiger partial charge in [0.2, 0.25) is 5.75 Å². The first-order chi connectivity index (χ1) is 25.4. The second kappa shape index (κ2) is 15.7. The Morgan fingerprint density at radius 1 is 0.462 bits per heavy atom. The number of ether oxygens (including phenoxy) is 2. The van der Waals surface area contributed by atoms with Crippen LogP contribution in [0.2, 0.25) is 0 Å². The predicted molar refractivity (Wildman–Crippen MR) is 206 cm³/mol. The number of nitrogen functional groups attached to an aromatic ring is 4. The lowest BCUT2D eigenvalue weighted by atomic mass is 10.2. The topological polar surface area (TPSA) is 182 Å². The second-order valence-corrected chi connectivity index (χ2v) is 15.3. The molecule has 7 rings (SSSR count). The lowest BCUT2D eigenvalue weighted by Gasteiger charge is -2.22. The number of anilines is 4. The maximum atomic E-state index is 6.73. The molecule has 0 spiro atoms. The molecular formula is C36H32N7O6P3. The van der Waals surface area contributed by atoms with Gasteiger partial charge in [-0.3, -0.25) is 0 Å². The van der Waals surface area contributed by atoms with Crippen molar-refractivity contribution in [2.24, 2.45) is 0 Å². The smallest absolute Gasteiger partial charge is 0.319 e. The summed E-state index contributed by atoms with van der Waals surface area (Å²) in [5.41, 5.74) is 26.2. The number of rotatable bonds is 12. The lowest BCUT2D eigenvalue weighted by Crippen LogP contribution is -2.14. The molecule has 0 saturated heterocycles. The molecule has 0 aliphatic carbocycles. The van der Waals surface area contributed by atoms with Gasteiger partial charge < -0.3 is 51.1 Å². The summed E-state index contributed by atoms with van der Waals surface area (Å²) in [5, 5.41) is 0. The number of hydrogen-bond acceptors (Lipinski definition) is 11. The van der Waals surface area contributed by atoms with E-state index < -0.39 is 16.2 Å².